The molecule has 6 heteroatoms. The van der Waals surface area contributed by atoms with E-state index in [2.05, 4.69) is 10.6 Å². The normalized spacial score (nSPS) is 15.0. The van der Waals surface area contributed by atoms with Crippen molar-refractivity contribution >= 4 is 24.2 Å². The molecule has 0 saturated carbocycles. The second kappa shape index (κ2) is 9.43. The molecule has 1 fully saturated rings. The summed E-state index contributed by atoms with van der Waals surface area (Å²) in [5.74, 6) is 0.229. The first-order chi connectivity index (χ1) is 10.2. The standard InChI is InChI=1S/C16H23N3O2.ClH/c1-17-12-15(20)19-9-7-14(8-10-19)16(21)18-11-13-5-3-2-4-6-13;/h2-6,14,17H,7-12H2,1H3,(H,18,21);1H. The van der Waals surface area contributed by atoms with E-state index in [4.69, 9.17) is 0 Å². The molecule has 0 radical (unpaired) electrons. The number of amides is 2. The number of carbonyl (C=O) groups is 2. The Hall–Kier alpha value is -1.59. The van der Waals surface area contributed by atoms with Gasteiger partial charge in [0.25, 0.3) is 0 Å². The van der Waals surface area contributed by atoms with E-state index in [1.54, 1.807) is 7.05 Å². The van der Waals surface area contributed by atoms with Gasteiger partial charge in [-0.3, -0.25) is 9.59 Å². The van der Waals surface area contributed by atoms with Crippen LogP contribution in [0.3, 0.4) is 0 Å². The Morgan fingerprint density at radius 2 is 1.82 bits per heavy atom. The lowest BCUT2D eigenvalue weighted by Gasteiger charge is -2.31. The van der Waals surface area contributed by atoms with Crippen molar-refractivity contribution in [3.63, 3.8) is 0 Å². The SMILES string of the molecule is CNCC(=O)N1CCC(C(=O)NCc2ccccc2)CC1.Cl. The lowest BCUT2D eigenvalue weighted by Crippen LogP contribution is -2.45. The van der Waals surface area contributed by atoms with Gasteiger partial charge in [-0.25, -0.2) is 0 Å². The molecule has 0 unspecified atom stereocenters. The van der Waals surface area contributed by atoms with Crippen molar-refractivity contribution in [2.24, 2.45) is 5.92 Å². The predicted octanol–water partition coefficient (Wildman–Crippen LogP) is 1.18. The topological polar surface area (TPSA) is 61.4 Å². The van der Waals surface area contributed by atoms with Gasteiger partial charge in [-0.2, -0.15) is 0 Å². The van der Waals surface area contributed by atoms with Crippen LogP contribution in [-0.2, 0) is 16.1 Å². The number of nitrogens with zero attached hydrogens (tertiary/aromatic N) is 1. The number of likely N-dealkylation sites (N-methyl/N-ethyl adjacent to an activating group) is 1. The van der Waals surface area contributed by atoms with E-state index < -0.39 is 0 Å². The van der Waals surface area contributed by atoms with Crippen molar-refractivity contribution < 1.29 is 9.59 Å². The number of likely N-dealkylation sites (tertiary alicyclic amines) is 1. The fourth-order valence-electron chi connectivity index (χ4n) is 2.58. The van der Waals surface area contributed by atoms with Crippen molar-refractivity contribution in [2.45, 2.75) is 19.4 Å². The van der Waals surface area contributed by atoms with E-state index in [0.717, 1.165) is 18.4 Å². The van der Waals surface area contributed by atoms with Crippen LogP contribution in [0.2, 0.25) is 0 Å². The highest BCUT2D eigenvalue weighted by molar-refractivity contribution is 5.85. The smallest absolute Gasteiger partial charge is 0.236 e. The molecule has 122 valence electrons. The van der Waals surface area contributed by atoms with Crippen LogP contribution in [-0.4, -0.2) is 43.4 Å². The third-order valence-electron chi connectivity index (χ3n) is 3.86. The number of rotatable bonds is 5. The first-order valence-electron chi connectivity index (χ1n) is 7.44. The average Bonchev–Trinajstić information content (AvgIpc) is 2.54. The highest BCUT2D eigenvalue weighted by atomic mass is 35.5. The van der Waals surface area contributed by atoms with E-state index >= 15 is 0 Å². The van der Waals surface area contributed by atoms with Gasteiger partial charge in [0.1, 0.15) is 0 Å². The molecule has 2 amide bonds. The van der Waals surface area contributed by atoms with Crippen molar-refractivity contribution in [1.82, 2.24) is 15.5 Å². The molecule has 2 N–H and O–H groups in total. The third kappa shape index (κ3) is 5.31. The summed E-state index contributed by atoms with van der Waals surface area (Å²) in [7, 11) is 1.77. The van der Waals surface area contributed by atoms with Gasteiger partial charge in [0, 0.05) is 25.6 Å². The number of halogens is 1. The molecule has 0 aliphatic carbocycles. The zero-order valence-electron chi connectivity index (χ0n) is 12.9. The molecule has 5 nitrogen and oxygen atoms in total. The Balaban J connectivity index is 0.00000242. The van der Waals surface area contributed by atoms with E-state index in [-0.39, 0.29) is 30.1 Å². The second-order valence-corrected chi connectivity index (χ2v) is 5.39. The maximum absolute atomic E-state index is 12.1. The maximum atomic E-state index is 12.1. The summed E-state index contributed by atoms with van der Waals surface area (Å²) in [4.78, 5) is 25.7. The van der Waals surface area contributed by atoms with E-state index in [1.807, 2.05) is 35.2 Å². The molecule has 2 rings (SSSR count). The van der Waals surface area contributed by atoms with Crippen LogP contribution in [0.15, 0.2) is 30.3 Å². The van der Waals surface area contributed by atoms with E-state index in [9.17, 15) is 9.59 Å². The van der Waals surface area contributed by atoms with Crippen molar-refractivity contribution in [3.8, 4) is 0 Å². The summed E-state index contributed by atoms with van der Waals surface area (Å²) in [6, 6.07) is 9.89. The van der Waals surface area contributed by atoms with Crippen LogP contribution in [0.1, 0.15) is 18.4 Å². The van der Waals surface area contributed by atoms with Gasteiger partial charge >= 0.3 is 0 Å². The van der Waals surface area contributed by atoms with Crippen LogP contribution in [0, 0.1) is 5.92 Å². The minimum absolute atomic E-state index is 0. The summed E-state index contributed by atoms with van der Waals surface area (Å²) in [6.07, 6.45) is 1.49. The van der Waals surface area contributed by atoms with Crippen molar-refractivity contribution in [3.05, 3.63) is 35.9 Å². The van der Waals surface area contributed by atoms with E-state index in [0.29, 0.717) is 26.2 Å². The first-order valence-corrected chi connectivity index (χ1v) is 7.44. The van der Waals surface area contributed by atoms with Gasteiger partial charge in [0.2, 0.25) is 11.8 Å². The van der Waals surface area contributed by atoms with Gasteiger partial charge in [-0.1, -0.05) is 30.3 Å². The summed E-state index contributed by atoms with van der Waals surface area (Å²) in [5, 5.41) is 5.85. The highest BCUT2D eigenvalue weighted by Crippen LogP contribution is 2.17. The Morgan fingerprint density at radius 1 is 1.18 bits per heavy atom. The van der Waals surface area contributed by atoms with Gasteiger partial charge in [-0.05, 0) is 25.5 Å². The van der Waals surface area contributed by atoms with Gasteiger partial charge in [-0.15, -0.1) is 12.4 Å². The molecule has 1 heterocycles. The van der Waals surface area contributed by atoms with E-state index in [1.165, 1.54) is 0 Å². The zero-order valence-corrected chi connectivity index (χ0v) is 13.7. The summed E-state index contributed by atoms with van der Waals surface area (Å²) in [6.45, 7) is 2.28. The van der Waals surface area contributed by atoms with Gasteiger partial charge in [0.05, 0.1) is 6.54 Å². The second-order valence-electron chi connectivity index (χ2n) is 5.39. The fraction of sp³-hybridized carbons (Fsp3) is 0.500. The van der Waals surface area contributed by atoms with Crippen LogP contribution in [0.5, 0.6) is 0 Å². The molecule has 0 atom stereocenters. The fourth-order valence-corrected chi connectivity index (χ4v) is 2.58. The van der Waals surface area contributed by atoms with Crippen molar-refractivity contribution in [1.29, 1.82) is 0 Å². The van der Waals surface area contributed by atoms with Crippen LogP contribution in [0.25, 0.3) is 0 Å². The number of benzene rings is 1. The molecule has 1 saturated heterocycles. The number of carbonyl (C=O) groups excluding carboxylic acids is 2. The summed E-state index contributed by atoms with van der Waals surface area (Å²) in [5.41, 5.74) is 1.10. The highest BCUT2D eigenvalue weighted by Gasteiger charge is 2.26. The molecular weight excluding hydrogens is 302 g/mol. The molecule has 22 heavy (non-hydrogen) atoms. The Kier molecular flexibility index (Phi) is 7.91. The molecule has 0 spiro atoms. The largest absolute Gasteiger partial charge is 0.352 e. The number of hydrogen-bond donors (Lipinski definition) is 2. The zero-order chi connectivity index (χ0) is 15.1. The monoisotopic (exact) mass is 325 g/mol. The third-order valence-corrected chi connectivity index (χ3v) is 3.86. The Labute approximate surface area is 137 Å². The molecule has 0 bridgehead atoms. The molecular formula is C16H24ClN3O2. The molecule has 1 aliphatic rings. The Bertz CT molecular complexity index is 474. The van der Waals surface area contributed by atoms with Crippen LogP contribution >= 0.6 is 12.4 Å². The quantitative estimate of drug-likeness (QED) is 0.854. The first kappa shape index (κ1) is 18.5. The number of nitrogens with one attached hydrogen (secondary N) is 2. The maximum Gasteiger partial charge on any atom is 0.236 e. The molecule has 1 aromatic rings. The van der Waals surface area contributed by atoms with Crippen LogP contribution in [0.4, 0.5) is 0 Å². The number of piperidine rings is 1. The minimum Gasteiger partial charge on any atom is -0.352 e. The number of hydrogen-bond acceptors (Lipinski definition) is 3. The molecule has 1 aliphatic heterocycles. The van der Waals surface area contributed by atoms with Gasteiger partial charge in [0.15, 0.2) is 0 Å². The van der Waals surface area contributed by atoms with Gasteiger partial charge < -0.3 is 15.5 Å². The minimum atomic E-state index is 0. The molecule has 0 aromatic heterocycles. The Morgan fingerprint density at radius 3 is 2.41 bits per heavy atom. The lowest BCUT2D eigenvalue weighted by molar-refractivity contribution is -0.134. The van der Waals surface area contributed by atoms with Crippen LogP contribution < -0.4 is 10.6 Å². The average molecular weight is 326 g/mol. The summed E-state index contributed by atoms with van der Waals surface area (Å²) < 4.78 is 0. The van der Waals surface area contributed by atoms with Crippen molar-refractivity contribution in [2.75, 3.05) is 26.7 Å². The molecule has 1 aromatic carbocycles. The lowest BCUT2D eigenvalue weighted by atomic mass is 9.95. The predicted molar refractivity (Wildman–Crippen MR) is 88.8 cm³/mol. The summed E-state index contributed by atoms with van der Waals surface area (Å²) >= 11 is 0.